The van der Waals surface area contributed by atoms with Gasteiger partial charge in [0, 0.05) is 11.3 Å². The van der Waals surface area contributed by atoms with E-state index in [0.29, 0.717) is 17.0 Å². The van der Waals surface area contributed by atoms with E-state index in [4.69, 9.17) is 4.74 Å². The first-order valence-electron chi connectivity index (χ1n) is 6.50. The van der Waals surface area contributed by atoms with Crippen LogP contribution in [0.15, 0.2) is 42.5 Å². The molecule has 0 heterocycles. The zero-order chi connectivity index (χ0) is 16.1. The molecule has 0 spiro atoms. The van der Waals surface area contributed by atoms with Crippen LogP contribution >= 0.6 is 0 Å². The summed E-state index contributed by atoms with van der Waals surface area (Å²) in [4.78, 5) is 12.1. The Kier molecular flexibility index (Phi) is 4.93. The molecule has 22 heavy (non-hydrogen) atoms. The molecule has 116 valence electrons. The maximum atomic E-state index is 12.1. The quantitative estimate of drug-likeness (QED) is 0.912. The number of anilines is 1. The molecule has 0 aliphatic carbocycles. The molecule has 0 bridgehead atoms. The van der Waals surface area contributed by atoms with Gasteiger partial charge in [-0.2, -0.15) is 8.78 Å². The number of ether oxygens (including phenoxy) is 2. The minimum absolute atomic E-state index is 0.0324. The first-order valence-corrected chi connectivity index (χ1v) is 6.50. The van der Waals surface area contributed by atoms with Gasteiger partial charge in [-0.3, -0.25) is 4.79 Å². The lowest BCUT2D eigenvalue weighted by molar-refractivity contribution is -0.0498. The predicted octanol–water partition coefficient (Wildman–Crippen LogP) is 3.86. The number of benzene rings is 2. The van der Waals surface area contributed by atoms with Gasteiger partial charge in [-0.1, -0.05) is 6.07 Å². The Morgan fingerprint density at radius 2 is 1.82 bits per heavy atom. The second-order valence-electron chi connectivity index (χ2n) is 4.54. The number of halogens is 2. The van der Waals surface area contributed by atoms with E-state index in [9.17, 15) is 13.6 Å². The van der Waals surface area contributed by atoms with E-state index in [2.05, 4.69) is 10.1 Å². The van der Waals surface area contributed by atoms with Crippen molar-refractivity contribution in [2.45, 2.75) is 13.5 Å². The lowest BCUT2D eigenvalue weighted by Gasteiger charge is -2.09. The van der Waals surface area contributed by atoms with Crippen LogP contribution < -0.4 is 14.8 Å². The number of rotatable bonds is 5. The SMILES string of the molecule is COc1cc(C(=O)Nc2ccc(OC(F)F)cc2)ccc1C. The van der Waals surface area contributed by atoms with Gasteiger partial charge >= 0.3 is 6.61 Å². The Labute approximate surface area is 126 Å². The number of methoxy groups -OCH3 is 1. The zero-order valence-electron chi connectivity index (χ0n) is 12.1. The number of carbonyl (C=O) groups excluding carboxylic acids is 1. The van der Waals surface area contributed by atoms with Crippen LogP contribution in [-0.2, 0) is 0 Å². The van der Waals surface area contributed by atoms with Crippen molar-refractivity contribution in [3.05, 3.63) is 53.6 Å². The second-order valence-corrected chi connectivity index (χ2v) is 4.54. The third-order valence-electron chi connectivity index (χ3n) is 3.01. The molecule has 0 atom stereocenters. The molecular formula is C16H15F2NO3. The number of aryl methyl sites for hydroxylation is 1. The average molecular weight is 307 g/mol. The van der Waals surface area contributed by atoms with Gasteiger partial charge in [0.25, 0.3) is 5.91 Å². The van der Waals surface area contributed by atoms with Crippen molar-refractivity contribution in [3.8, 4) is 11.5 Å². The molecule has 0 radical (unpaired) electrons. The van der Waals surface area contributed by atoms with Crippen molar-refractivity contribution in [2.24, 2.45) is 0 Å². The normalized spacial score (nSPS) is 10.4. The molecule has 0 unspecified atom stereocenters. The monoisotopic (exact) mass is 307 g/mol. The Morgan fingerprint density at radius 1 is 1.14 bits per heavy atom. The fourth-order valence-electron chi connectivity index (χ4n) is 1.88. The van der Waals surface area contributed by atoms with E-state index in [1.165, 1.54) is 31.4 Å². The summed E-state index contributed by atoms with van der Waals surface area (Å²) in [6.45, 7) is -0.997. The van der Waals surface area contributed by atoms with Crippen LogP contribution in [0.3, 0.4) is 0 Å². The molecule has 0 aliphatic rings. The van der Waals surface area contributed by atoms with Crippen LogP contribution in [0.4, 0.5) is 14.5 Å². The van der Waals surface area contributed by atoms with Crippen molar-refractivity contribution in [3.63, 3.8) is 0 Å². The van der Waals surface area contributed by atoms with Gasteiger partial charge < -0.3 is 14.8 Å². The number of hydrogen-bond acceptors (Lipinski definition) is 3. The van der Waals surface area contributed by atoms with E-state index in [1.807, 2.05) is 6.92 Å². The fraction of sp³-hybridized carbons (Fsp3) is 0.188. The molecular weight excluding hydrogens is 292 g/mol. The summed E-state index contributed by atoms with van der Waals surface area (Å²) in [7, 11) is 1.53. The topological polar surface area (TPSA) is 47.6 Å². The van der Waals surface area contributed by atoms with Crippen LogP contribution in [0.1, 0.15) is 15.9 Å². The van der Waals surface area contributed by atoms with Crippen LogP contribution in [0, 0.1) is 6.92 Å². The number of amides is 1. The van der Waals surface area contributed by atoms with Crippen molar-refractivity contribution >= 4 is 11.6 Å². The fourth-order valence-corrected chi connectivity index (χ4v) is 1.88. The highest BCUT2D eigenvalue weighted by Gasteiger charge is 2.09. The maximum Gasteiger partial charge on any atom is 0.387 e. The predicted molar refractivity (Wildman–Crippen MR) is 78.8 cm³/mol. The number of carbonyl (C=O) groups is 1. The molecule has 4 nitrogen and oxygen atoms in total. The van der Waals surface area contributed by atoms with Gasteiger partial charge in [-0.25, -0.2) is 0 Å². The summed E-state index contributed by atoms with van der Waals surface area (Å²) in [5, 5.41) is 2.67. The average Bonchev–Trinajstić information content (AvgIpc) is 2.49. The van der Waals surface area contributed by atoms with Crippen molar-refractivity contribution in [1.29, 1.82) is 0 Å². The van der Waals surface area contributed by atoms with Crippen LogP contribution in [0.2, 0.25) is 0 Å². The lowest BCUT2D eigenvalue weighted by Crippen LogP contribution is -2.12. The maximum absolute atomic E-state index is 12.1. The smallest absolute Gasteiger partial charge is 0.387 e. The summed E-state index contributed by atoms with van der Waals surface area (Å²) in [6.07, 6.45) is 0. The third kappa shape index (κ3) is 3.94. The van der Waals surface area contributed by atoms with E-state index in [-0.39, 0.29) is 11.7 Å². The minimum atomic E-state index is -2.87. The van der Waals surface area contributed by atoms with E-state index in [1.54, 1.807) is 18.2 Å². The van der Waals surface area contributed by atoms with Gasteiger partial charge in [0.05, 0.1) is 7.11 Å². The van der Waals surface area contributed by atoms with Crippen LogP contribution in [0.25, 0.3) is 0 Å². The van der Waals surface area contributed by atoms with Gasteiger partial charge in [-0.05, 0) is 48.9 Å². The third-order valence-corrected chi connectivity index (χ3v) is 3.01. The zero-order valence-corrected chi connectivity index (χ0v) is 12.1. The van der Waals surface area contributed by atoms with Gasteiger partial charge in [-0.15, -0.1) is 0 Å². The Hall–Kier alpha value is -2.63. The van der Waals surface area contributed by atoms with E-state index >= 15 is 0 Å². The van der Waals surface area contributed by atoms with Crippen molar-refractivity contribution in [1.82, 2.24) is 0 Å². The molecule has 2 rings (SSSR count). The summed E-state index contributed by atoms with van der Waals surface area (Å²) >= 11 is 0. The molecule has 0 saturated carbocycles. The summed E-state index contributed by atoms with van der Waals surface area (Å²) in [5.74, 6) is 0.333. The largest absolute Gasteiger partial charge is 0.496 e. The molecule has 1 N–H and O–H groups in total. The highest BCUT2D eigenvalue weighted by atomic mass is 19.3. The Balaban J connectivity index is 2.08. The minimum Gasteiger partial charge on any atom is -0.496 e. The first kappa shape index (κ1) is 15.8. The standard InChI is InChI=1S/C16H15F2NO3/c1-10-3-4-11(9-14(10)21-2)15(20)19-12-5-7-13(8-6-12)22-16(17)18/h3-9,16H,1-2H3,(H,19,20). The summed E-state index contributed by atoms with van der Waals surface area (Å²) in [5.41, 5.74) is 1.84. The van der Waals surface area contributed by atoms with Crippen molar-refractivity contribution < 1.29 is 23.0 Å². The molecule has 1 amide bonds. The summed E-state index contributed by atoms with van der Waals surface area (Å²) < 4.78 is 33.5. The molecule has 2 aromatic rings. The molecule has 0 aliphatic heterocycles. The van der Waals surface area contributed by atoms with Gasteiger partial charge in [0.15, 0.2) is 0 Å². The second kappa shape index (κ2) is 6.89. The Morgan fingerprint density at radius 3 is 2.41 bits per heavy atom. The molecule has 2 aromatic carbocycles. The number of alkyl halides is 2. The Bertz CT molecular complexity index is 657. The van der Waals surface area contributed by atoms with Gasteiger partial charge in [0.2, 0.25) is 0 Å². The molecule has 0 saturated heterocycles. The highest BCUT2D eigenvalue weighted by molar-refractivity contribution is 6.04. The van der Waals surface area contributed by atoms with Crippen LogP contribution in [0.5, 0.6) is 11.5 Å². The van der Waals surface area contributed by atoms with Crippen molar-refractivity contribution in [2.75, 3.05) is 12.4 Å². The molecule has 0 aromatic heterocycles. The number of nitrogens with one attached hydrogen (secondary N) is 1. The lowest BCUT2D eigenvalue weighted by atomic mass is 10.1. The van der Waals surface area contributed by atoms with E-state index < -0.39 is 6.61 Å². The summed E-state index contributed by atoms with van der Waals surface area (Å²) in [6, 6.07) is 10.8. The molecule has 0 fully saturated rings. The van der Waals surface area contributed by atoms with E-state index in [0.717, 1.165) is 5.56 Å². The highest BCUT2D eigenvalue weighted by Crippen LogP contribution is 2.21. The van der Waals surface area contributed by atoms with Crippen LogP contribution in [-0.4, -0.2) is 19.6 Å². The number of hydrogen-bond donors (Lipinski definition) is 1. The first-order chi connectivity index (χ1) is 10.5. The van der Waals surface area contributed by atoms with Gasteiger partial charge in [0.1, 0.15) is 11.5 Å². The molecule has 6 heteroatoms.